The molecule has 1 atom stereocenters. The number of amides is 2. The Balaban J connectivity index is 1.83. The lowest BCUT2D eigenvalue weighted by Gasteiger charge is -2.26. The first-order chi connectivity index (χ1) is 14.4. The largest absolute Gasteiger partial charge is 0.385 e. The van der Waals surface area contributed by atoms with Crippen LogP contribution < -0.4 is 10.2 Å². The Morgan fingerprint density at radius 2 is 1.93 bits per heavy atom. The van der Waals surface area contributed by atoms with Crippen molar-refractivity contribution in [2.24, 2.45) is 0 Å². The predicted octanol–water partition coefficient (Wildman–Crippen LogP) is 1.68. The van der Waals surface area contributed by atoms with Crippen LogP contribution in [0.2, 0.25) is 0 Å². The molecule has 1 saturated heterocycles. The molecule has 0 spiro atoms. The van der Waals surface area contributed by atoms with Crippen LogP contribution in [0.25, 0.3) is 0 Å². The zero-order chi connectivity index (χ0) is 21.7. The number of carbonyl (C=O) groups excluding carboxylic acids is 2. The number of methoxy groups -OCH3 is 1. The molecule has 0 aromatic heterocycles. The van der Waals surface area contributed by atoms with E-state index in [4.69, 9.17) is 4.74 Å². The summed E-state index contributed by atoms with van der Waals surface area (Å²) in [6, 6.07) is 4.19. The van der Waals surface area contributed by atoms with Gasteiger partial charge < -0.3 is 10.1 Å². The number of anilines is 1. The van der Waals surface area contributed by atoms with Crippen molar-refractivity contribution in [2.45, 2.75) is 56.4 Å². The normalized spacial score (nSPS) is 19.5. The van der Waals surface area contributed by atoms with Gasteiger partial charge in [-0.3, -0.25) is 14.5 Å². The van der Waals surface area contributed by atoms with Gasteiger partial charge >= 0.3 is 0 Å². The lowest BCUT2D eigenvalue weighted by Crippen LogP contribution is -2.48. The summed E-state index contributed by atoms with van der Waals surface area (Å²) in [6.07, 6.45) is 4.04. The second-order valence-electron chi connectivity index (χ2n) is 7.73. The molecule has 2 aliphatic heterocycles. The van der Waals surface area contributed by atoms with Crippen LogP contribution in [-0.4, -0.2) is 63.9 Å². The molecule has 9 heteroatoms. The summed E-state index contributed by atoms with van der Waals surface area (Å²) >= 11 is 0. The van der Waals surface area contributed by atoms with Crippen LogP contribution in [-0.2, 0) is 30.8 Å². The van der Waals surface area contributed by atoms with E-state index in [1.54, 1.807) is 32.2 Å². The summed E-state index contributed by atoms with van der Waals surface area (Å²) in [7, 11) is -1.97. The van der Waals surface area contributed by atoms with E-state index < -0.39 is 16.1 Å². The summed E-state index contributed by atoms with van der Waals surface area (Å²) in [4.78, 5) is 27.1. The number of sulfonamides is 1. The number of ether oxygens (including phenoxy) is 1. The molecule has 1 N–H and O–H groups in total. The lowest BCUT2D eigenvalue weighted by molar-refractivity contribution is -0.126. The Labute approximate surface area is 178 Å². The van der Waals surface area contributed by atoms with E-state index in [-0.39, 0.29) is 23.1 Å². The molecular formula is C21H31N3O5S. The summed E-state index contributed by atoms with van der Waals surface area (Å²) in [5, 5.41) is 2.86. The molecule has 3 rings (SSSR count). The topological polar surface area (TPSA) is 96.0 Å². The van der Waals surface area contributed by atoms with Gasteiger partial charge in [0.2, 0.25) is 21.8 Å². The fourth-order valence-corrected chi connectivity index (χ4v) is 5.65. The van der Waals surface area contributed by atoms with Gasteiger partial charge in [0.15, 0.2) is 0 Å². The van der Waals surface area contributed by atoms with Gasteiger partial charge in [-0.25, -0.2) is 8.42 Å². The Morgan fingerprint density at radius 1 is 1.20 bits per heavy atom. The molecule has 166 valence electrons. The van der Waals surface area contributed by atoms with Crippen molar-refractivity contribution in [3.05, 3.63) is 23.8 Å². The minimum absolute atomic E-state index is 0.155. The van der Waals surface area contributed by atoms with Crippen LogP contribution in [0.4, 0.5) is 5.69 Å². The number of hydrogen-bond donors (Lipinski definition) is 1. The number of piperidine rings is 1. The van der Waals surface area contributed by atoms with Gasteiger partial charge in [0.25, 0.3) is 0 Å². The van der Waals surface area contributed by atoms with E-state index in [0.29, 0.717) is 50.3 Å². The maximum absolute atomic E-state index is 13.0. The number of nitrogens with one attached hydrogen (secondary N) is 1. The van der Waals surface area contributed by atoms with Crippen LogP contribution in [0, 0.1) is 0 Å². The number of hydrogen-bond acceptors (Lipinski definition) is 5. The highest BCUT2D eigenvalue weighted by Gasteiger charge is 2.38. The van der Waals surface area contributed by atoms with Crippen molar-refractivity contribution in [2.75, 3.05) is 38.3 Å². The van der Waals surface area contributed by atoms with Gasteiger partial charge in [0.1, 0.15) is 6.04 Å². The minimum Gasteiger partial charge on any atom is -0.385 e. The van der Waals surface area contributed by atoms with E-state index in [9.17, 15) is 18.0 Å². The third-order valence-electron chi connectivity index (χ3n) is 5.69. The van der Waals surface area contributed by atoms with Crippen molar-refractivity contribution in [3.8, 4) is 0 Å². The molecule has 1 aromatic carbocycles. The van der Waals surface area contributed by atoms with Gasteiger partial charge in [0, 0.05) is 51.9 Å². The van der Waals surface area contributed by atoms with E-state index in [1.807, 2.05) is 0 Å². The summed E-state index contributed by atoms with van der Waals surface area (Å²) in [5.74, 6) is -0.387. The second kappa shape index (κ2) is 9.89. The molecule has 0 saturated carbocycles. The molecule has 2 amide bonds. The Morgan fingerprint density at radius 3 is 2.60 bits per heavy atom. The fraction of sp³-hybridized carbons (Fsp3) is 0.619. The average molecular weight is 438 g/mol. The standard InChI is InChI=1S/C21H31N3O5S/c1-3-20(25)24-18-9-8-17(30(27,28)23-11-5-4-6-12-23)14-16(18)15-19(24)21(26)22-10-7-13-29-2/h8-9,14,19H,3-7,10-13,15H2,1-2H3,(H,22,26)/t19-/m0/s1. The number of rotatable bonds is 8. The number of benzene rings is 1. The molecule has 30 heavy (non-hydrogen) atoms. The first kappa shape index (κ1) is 22.7. The van der Waals surface area contributed by atoms with E-state index in [0.717, 1.165) is 19.3 Å². The summed E-state index contributed by atoms with van der Waals surface area (Å²) < 4.78 is 32.6. The number of nitrogens with zero attached hydrogens (tertiary/aromatic N) is 2. The Kier molecular flexibility index (Phi) is 7.49. The minimum atomic E-state index is -3.57. The van der Waals surface area contributed by atoms with Crippen molar-refractivity contribution >= 4 is 27.5 Å². The monoisotopic (exact) mass is 437 g/mol. The Hall–Kier alpha value is -1.97. The smallest absolute Gasteiger partial charge is 0.243 e. The van der Waals surface area contributed by atoms with Gasteiger partial charge in [0.05, 0.1) is 4.90 Å². The molecular weight excluding hydrogens is 406 g/mol. The molecule has 0 bridgehead atoms. The first-order valence-electron chi connectivity index (χ1n) is 10.6. The SMILES string of the molecule is CCC(=O)N1c2ccc(S(=O)(=O)N3CCCCC3)cc2C[C@H]1C(=O)NCCCOC. The molecule has 0 unspecified atom stereocenters. The van der Waals surface area contributed by atoms with Gasteiger partial charge in [-0.05, 0) is 43.0 Å². The highest BCUT2D eigenvalue weighted by Crippen LogP contribution is 2.35. The summed E-state index contributed by atoms with van der Waals surface area (Å²) in [6.45, 7) is 3.82. The zero-order valence-electron chi connectivity index (χ0n) is 17.7. The first-order valence-corrected chi connectivity index (χ1v) is 12.1. The van der Waals surface area contributed by atoms with Crippen LogP contribution in [0.15, 0.2) is 23.1 Å². The quantitative estimate of drug-likeness (QED) is 0.625. The summed E-state index contributed by atoms with van der Waals surface area (Å²) in [5.41, 5.74) is 1.34. The van der Waals surface area contributed by atoms with Crippen LogP contribution in [0.1, 0.15) is 44.6 Å². The Bertz CT molecular complexity index is 881. The fourth-order valence-electron chi connectivity index (χ4n) is 4.08. The van der Waals surface area contributed by atoms with Gasteiger partial charge in [-0.1, -0.05) is 13.3 Å². The third kappa shape index (κ3) is 4.68. The highest BCUT2D eigenvalue weighted by atomic mass is 32.2. The van der Waals surface area contributed by atoms with E-state index >= 15 is 0 Å². The van der Waals surface area contributed by atoms with Crippen molar-refractivity contribution in [1.82, 2.24) is 9.62 Å². The van der Waals surface area contributed by atoms with Gasteiger partial charge in [-0.2, -0.15) is 4.31 Å². The van der Waals surface area contributed by atoms with Crippen molar-refractivity contribution in [3.63, 3.8) is 0 Å². The average Bonchev–Trinajstić information content (AvgIpc) is 3.15. The second-order valence-corrected chi connectivity index (χ2v) is 9.67. The van der Waals surface area contributed by atoms with Crippen molar-refractivity contribution < 1.29 is 22.7 Å². The highest BCUT2D eigenvalue weighted by molar-refractivity contribution is 7.89. The maximum atomic E-state index is 13.0. The molecule has 1 fully saturated rings. The van der Waals surface area contributed by atoms with E-state index in [1.165, 1.54) is 9.21 Å². The zero-order valence-corrected chi connectivity index (χ0v) is 18.5. The van der Waals surface area contributed by atoms with Crippen LogP contribution >= 0.6 is 0 Å². The van der Waals surface area contributed by atoms with E-state index in [2.05, 4.69) is 5.32 Å². The molecule has 8 nitrogen and oxygen atoms in total. The molecule has 0 aliphatic carbocycles. The van der Waals surface area contributed by atoms with Crippen molar-refractivity contribution in [1.29, 1.82) is 0 Å². The van der Waals surface area contributed by atoms with Crippen LogP contribution in [0.3, 0.4) is 0 Å². The molecule has 2 heterocycles. The third-order valence-corrected chi connectivity index (χ3v) is 7.58. The number of carbonyl (C=O) groups is 2. The number of fused-ring (bicyclic) bond motifs is 1. The predicted molar refractivity (Wildman–Crippen MR) is 114 cm³/mol. The maximum Gasteiger partial charge on any atom is 0.243 e. The molecule has 2 aliphatic rings. The molecule has 0 radical (unpaired) electrons. The molecule has 1 aromatic rings. The van der Waals surface area contributed by atoms with Gasteiger partial charge in [-0.15, -0.1) is 0 Å². The van der Waals surface area contributed by atoms with Crippen LogP contribution in [0.5, 0.6) is 0 Å². The lowest BCUT2D eigenvalue weighted by atomic mass is 10.1.